The number of anilines is 1. The molecule has 0 aliphatic carbocycles. The number of fused-ring (bicyclic) bond motifs is 1. The third-order valence-electron chi connectivity index (χ3n) is 3.93. The number of amides is 1. The zero-order chi connectivity index (χ0) is 17.5. The summed E-state index contributed by atoms with van der Waals surface area (Å²) in [4.78, 5) is 18.0. The van der Waals surface area contributed by atoms with Gasteiger partial charge in [-0.2, -0.15) is 4.99 Å². The van der Waals surface area contributed by atoms with Gasteiger partial charge in [-0.1, -0.05) is 41.9 Å². The van der Waals surface area contributed by atoms with Crippen LogP contribution in [0.3, 0.4) is 0 Å². The van der Waals surface area contributed by atoms with Crippen molar-refractivity contribution >= 4 is 61.6 Å². The molecule has 2 aliphatic rings. The van der Waals surface area contributed by atoms with Crippen LogP contribution in [0.2, 0.25) is 10.0 Å². The predicted molar refractivity (Wildman–Crippen MR) is 100 cm³/mol. The van der Waals surface area contributed by atoms with Gasteiger partial charge in [-0.05, 0) is 24.6 Å². The molecule has 1 aromatic rings. The SMILES string of the molecule is CCCC(=O)N=C1S[C@H]2CS(=O)(=O)C[C@H]2N1c1ccc(Cl)c(Cl)c1. The molecule has 1 aromatic carbocycles. The van der Waals surface area contributed by atoms with Crippen molar-refractivity contribution in [2.75, 3.05) is 16.4 Å². The van der Waals surface area contributed by atoms with Gasteiger partial charge >= 0.3 is 0 Å². The highest BCUT2D eigenvalue weighted by molar-refractivity contribution is 8.16. The molecule has 2 atom stereocenters. The predicted octanol–water partition coefficient (Wildman–Crippen LogP) is 3.39. The zero-order valence-corrected chi connectivity index (χ0v) is 16.1. The second-order valence-corrected chi connectivity index (χ2v) is 9.98. The summed E-state index contributed by atoms with van der Waals surface area (Å²) in [5, 5.41) is 1.21. The van der Waals surface area contributed by atoms with Gasteiger partial charge < -0.3 is 4.90 Å². The molecule has 0 radical (unpaired) electrons. The molecule has 9 heteroatoms. The standard InChI is InChI=1S/C15H16Cl2N2O3S2/c1-2-3-14(20)18-15-19(9-4-5-10(16)11(17)6-9)12-7-24(21,22)8-13(12)23-15/h4-6,12-13H,2-3,7-8H2,1H3/t12-,13+/m1/s1. The fraction of sp³-hybridized carbons (Fsp3) is 0.467. The van der Waals surface area contributed by atoms with Crippen molar-refractivity contribution in [3.05, 3.63) is 28.2 Å². The summed E-state index contributed by atoms with van der Waals surface area (Å²) < 4.78 is 24.0. The smallest absolute Gasteiger partial charge is 0.248 e. The van der Waals surface area contributed by atoms with Gasteiger partial charge in [0.25, 0.3) is 0 Å². The molecule has 2 fully saturated rings. The first-order valence-electron chi connectivity index (χ1n) is 7.53. The molecule has 0 N–H and O–H groups in total. The number of benzene rings is 1. The number of amidine groups is 1. The van der Waals surface area contributed by atoms with Crippen molar-refractivity contribution in [1.82, 2.24) is 0 Å². The van der Waals surface area contributed by atoms with Crippen LogP contribution in [-0.2, 0) is 14.6 Å². The van der Waals surface area contributed by atoms with Gasteiger partial charge in [0.15, 0.2) is 15.0 Å². The number of hydrogen-bond acceptors (Lipinski definition) is 4. The van der Waals surface area contributed by atoms with Gasteiger partial charge in [0, 0.05) is 17.4 Å². The van der Waals surface area contributed by atoms with Crippen LogP contribution in [0.15, 0.2) is 23.2 Å². The number of carbonyl (C=O) groups excluding carboxylic acids is 1. The molecule has 3 rings (SSSR count). The van der Waals surface area contributed by atoms with Crippen molar-refractivity contribution in [2.24, 2.45) is 4.99 Å². The maximum Gasteiger partial charge on any atom is 0.248 e. The average molecular weight is 407 g/mol. The number of rotatable bonds is 3. The molecular formula is C15H16Cl2N2O3S2. The van der Waals surface area contributed by atoms with Crippen molar-refractivity contribution < 1.29 is 13.2 Å². The number of thioether (sulfide) groups is 1. The van der Waals surface area contributed by atoms with Crippen molar-refractivity contribution in [3.8, 4) is 0 Å². The summed E-state index contributed by atoms with van der Waals surface area (Å²) in [6.45, 7) is 1.91. The number of hydrogen-bond donors (Lipinski definition) is 0. The van der Waals surface area contributed by atoms with Crippen LogP contribution < -0.4 is 4.90 Å². The van der Waals surface area contributed by atoms with Gasteiger partial charge in [-0.3, -0.25) is 4.79 Å². The van der Waals surface area contributed by atoms with E-state index in [-0.39, 0.29) is 28.7 Å². The number of carbonyl (C=O) groups is 1. The van der Waals surface area contributed by atoms with Crippen LogP contribution in [-0.4, -0.2) is 42.3 Å². The molecule has 0 bridgehead atoms. The van der Waals surface area contributed by atoms with Gasteiger partial charge in [0.05, 0.1) is 27.6 Å². The minimum Gasteiger partial charge on any atom is -0.316 e. The average Bonchev–Trinajstić information content (AvgIpc) is 2.93. The van der Waals surface area contributed by atoms with Crippen LogP contribution in [0.25, 0.3) is 0 Å². The third kappa shape index (κ3) is 3.59. The Morgan fingerprint density at radius 3 is 2.75 bits per heavy atom. The van der Waals surface area contributed by atoms with E-state index in [2.05, 4.69) is 4.99 Å². The molecule has 130 valence electrons. The van der Waals surface area contributed by atoms with Gasteiger partial charge in [0.2, 0.25) is 5.91 Å². The molecule has 2 heterocycles. The topological polar surface area (TPSA) is 66.8 Å². The van der Waals surface area contributed by atoms with E-state index in [4.69, 9.17) is 23.2 Å². The molecule has 0 saturated carbocycles. The van der Waals surface area contributed by atoms with Gasteiger partial charge in [-0.15, -0.1) is 0 Å². The minimum atomic E-state index is -3.09. The Kier molecular flexibility index (Phi) is 5.16. The van der Waals surface area contributed by atoms with Gasteiger partial charge in [-0.25, -0.2) is 8.42 Å². The van der Waals surface area contributed by atoms with E-state index in [1.165, 1.54) is 11.8 Å². The molecule has 2 saturated heterocycles. The molecule has 0 unspecified atom stereocenters. The summed E-state index contributed by atoms with van der Waals surface area (Å²) >= 11 is 13.4. The lowest BCUT2D eigenvalue weighted by molar-refractivity contribution is -0.117. The largest absolute Gasteiger partial charge is 0.316 e. The highest BCUT2D eigenvalue weighted by atomic mass is 35.5. The quantitative estimate of drug-likeness (QED) is 0.769. The Morgan fingerprint density at radius 1 is 1.33 bits per heavy atom. The van der Waals surface area contributed by atoms with E-state index in [9.17, 15) is 13.2 Å². The summed E-state index contributed by atoms with van der Waals surface area (Å²) in [6, 6.07) is 4.86. The fourth-order valence-electron chi connectivity index (χ4n) is 2.88. The lowest BCUT2D eigenvalue weighted by Gasteiger charge is -2.24. The van der Waals surface area contributed by atoms with E-state index in [1.807, 2.05) is 11.8 Å². The molecule has 24 heavy (non-hydrogen) atoms. The van der Waals surface area contributed by atoms with E-state index in [0.717, 1.165) is 0 Å². The van der Waals surface area contributed by atoms with Crippen LogP contribution in [0.1, 0.15) is 19.8 Å². The zero-order valence-electron chi connectivity index (χ0n) is 12.9. The van der Waals surface area contributed by atoms with E-state index in [0.29, 0.717) is 33.7 Å². The summed E-state index contributed by atoms with van der Waals surface area (Å²) in [5.74, 6) is -0.0551. The lowest BCUT2D eigenvalue weighted by atomic mass is 10.2. The highest BCUT2D eigenvalue weighted by Gasteiger charge is 2.49. The first-order valence-corrected chi connectivity index (χ1v) is 11.0. The lowest BCUT2D eigenvalue weighted by Crippen LogP contribution is -2.37. The number of nitrogens with zero attached hydrogens (tertiary/aromatic N) is 2. The normalized spacial score (nSPS) is 26.8. The van der Waals surface area contributed by atoms with E-state index < -0.39 is 9.84 Å². The molecule has 0 aromatic heterocycles. The molecule has 0 spiro atoms. The maximum absolute atomic E-state index is 12.0. The molecule has 2 aliphatic heterocycles. The Bertz CT molecular complexity index is 811. The first kappa shape index (κ1) is 18.0. The third-order valence-corrected chi connectivity index (χ3v) is 7.88. The molecular weight excluding hydrogens is 391 g/mol. The van der Waals surface area contributed by atoms with Crippen LogP contribution in [0.5, 0.6) is 0 Å². The number of halogens is 2. The van der Waals surface area contributed by atoms with Crippen molar-refractivity contribution in [1.29, 1.82) is 0 Å². The van der Waals surface area contributed by atoms with E-state index >= 15 is 0 Å². The molecule has 1 amide bonds. The Balaban J connectivity index is 2.01. The summed E-state index contributed by atoms with van der Waals surface area (Å²) in [7, 11) is -3.09. The number of sulfone groups is 1. The summed E-state index contributed by atoms with van der Waals surface area (Å²) in [5.41, 5.74) is 0.699. The van der Waals surface area contributed by atoms with E-state index in [1.54, 1.807) is 18.2 Å². The molecule has 5 nitrogen and oxygen atoms in total. The Labute approximate surface area is 155 Å². The minimum absolute atomic E-state index is 0.0475. The second kappa shape index (κ2) is 6.86. The van der Waals surface area contributed by atoms with Crippen LogP contribution in [0, 0.1) is 0 Å². The van der Waals surface area contributed by atoms with Gasteiger partial charge in [0.1, 0.15) is 0 Å². The summed E-state index contributed by atoms with van der Waals surface area (Å²) in [6.07, 6.45) is 1.08. The first-order chi connectivity index (χ1) is 11.3. The van der Waals surface area contributed by atoms with Crippen LogP contribution >= 0.6 is 35.0 Å². The Morgan fingerprint density at radius 2 is 2.08 bits per heavy atom. The highest BCUT2D eigenvalue weighted by Crippen LogP contribution is 2.42. The monoisotopic (exact) mass is 406 g/mol. The van der Waals surface area contributed by atoms with Crippen molar-refractivity contribution in [3.63, 3.8) is 0 Å². The van der Waals surface area contributed by atoms with Crippen molar-refractivity contribution in [2.45, 2.75) is 31.1 Å². The fourth-order valence-corrected chi connectivity index (χ4v) is 7.10. The maximum atomic E-state index is 12.0. The second-order valence-electron chi connectivity index (χ2n) is 5.81. The number of aliphatic imine (C=N–C) groups is 1. The van der Waals surface area contributed by atoms with Crippen LogP contribution in [0.4, 0.5) is 5.69 Å². The Hall–Kier alpha value is -0.760.